The van der Waals surface area contributed by atoms with Crippen molar-refractivity contribution in [1.82, 2.24) is 10.3 Å². The summed E-state index contributed by atoms with van der Waals surface area (Å²) in [6.07, 6.45) is 1.33. The van der Waals surface area contributed by atoms with Gasteiger partial charge in [-0.3, -0.25) is 9.78 Å². The van der Waals surface area contributed by atoms with Gasteiger partial charge in [-0.25, -0.2) is 13.6 Å². The first kappa shape index (κ1) is 25.2. The number of ether oxygens (including phenoxy) is 2. The number of rotatable bonds is 5. The van der Waals surface area contributed by atoms with Crippen LogP contribution in [-0.4, -0.2) is 23.6 Å². The SMILES string of the molecule is Cl.O=C(N[C@H]1CCOc2c(C(=O)Nc3ccc(F)c(F)c3)cccc21)OCc1ncccc1Cl. The Bertz CT molecular complexity index is 1210. The lowest BCUT2D eigenvalue weighted by atomic mass is 9.97. The largest absolute Gasteiger partial charge is 0.492 e. The highest BCUT2D eigenvalue weighted by molar-refractivity contribution is 6.31. The Morgan fingerprint density at radius 3 is 2.74 bits per heavy atom. The fraction of sp³-hybridized carbons (Fsp3) is 0.174. The molecule has 2 aromatic carbocycles. The lowest BCUT2D eigenvalue weighted by Crippen LogP contribution is -2.33. The second-order valence-corrected chi connectivity index (χ2v) is 7.56. The van der Waals surface area contributed by atoms with Crippen molar-refractivity contribution in [3.63, 3.8) is 0 Å². The summed E-state index contributed by atoms with van der Waals surface area (Å²) in [6.45, 7) is 0.151. The molecule has 0 saturated heterocycles. The zero-order chi connectivity index (χ0) is 23.4. The molecule has 0 unspecified atom stereocenters. The third-order valence-electron chi connectivity index (χ3n) is 4.96. The molecular weight excluding hydrogens is 491 g/mol. The van der Waals surface area contributed by atoms with Crippen LogP contribution >= 0.6 is 24.0 Å². The second-order valence-electron chi connectivity index (χ2n) is 7.15. The van der Waals surface area contributed by atoms with Gasteiger partial charge in [-0.05, 0) is 30.3 Å². The Kier molecular flexibility index (Phi) is 8.25. The predicted molar refractivity (Wildman–Crippen MR) is 123 cm³/mol. The van der Waals surface area contributed by atoms with Crippen molar-refractivity contribution in [2.75, 3.05) is 11.9 Å². The monoisotopic (exact) mass is 509 g/mol. The van der Waals surface area contributed by atoms with Crippen LogP contribution in [0.4, 0.5) is 19.3 Å². The smallest absolute Gasteiger partial charge is 0.408 e. The highest BCUT2D eigenvalue weighted by atomic mass is 35.5. The van der Waals surface area contributed by atoms with Crippen LogP contribution < -0.4 is 15.4 Å². The number of halogens is 4. The van der Waals surface area contributed by atoms with Crippen LogP contribution in [-0.2, 0) is 11.3 Å². The number of benzene rings is 2. The maximum Gasteiger partial charge on any atom is 0.408 e. The minimum absolute atomic E-state index is 0. The number of carbonyl (C=O) groups excluding carboxylic acids is 2. The topological polar surface area (TPSA) is 89.5 Å². The van der Waals surface area contributed by atoms with Gasteiger partial charge in [0.15, 0.2) is 11.6 Å². The molecule has 2 amide bonds. The van der Waals surface area contributed by atoms with Gasteiger partial charge in [0.1, 0.15) is 12.4 Å². The van der Waals surface area contributed by atoms with E-state index in [0.29, 0.717) is 28.5 Å². The van der Waals surface area contributed by atoms with E-state index in [2.05, 4.69) is 15.6 Å². The molecule has 1 atom stereocenters. The van der Waals surface area contributed by atoms with Gasteiger partial charge in [-0.1, -0.05) is 23.7 Å². The molecule has 1 aromatic heterocycles. The molecule has 0 fully saturated rings. The third kappa shape index (κ3) is 5.73. The number of pyridine rings is 1. The number of amides is 2. The van der Waals surface area contributed by atoms with Gasteiger partial charge in [-0.2, -0.15) is 0 Å². The molecule has 3 aromatic rings. The average molecular weight is 510 g/mol. The van der Waals surface area contributed by atoms with E-state index < -0.39 is 29.7 Å². The predicted octanol–water partition coefficient (Wildman–Crippen LogP) is 5.44. The van der Waals surface area contributed by atoms with Gasteiger partial charge in [-0.15, -0.1) is 12.4 Å². The van der Waals surface area contributed by atoms with Crippen molar-refractivity contribution in [3.05, 3.63) is 88.2 Å². The van der Waals surface area contributed by atoms with E-state index in [-0.39, 0.29) is 36.9 Å². The minimum Gasteiger partial charge on any atom is -0.492 e. The van der Waals surface area contributed by atoms with E-state index in [9.17, 15) is 18.4 Å². The zero-order valence-corrected chi connectivity index (χ0v) is 19.1. The van der Waals surface area contributed by atoms with Gasteiger partial charge in [0.05, 0.1) is 28.9 Å². The first-order valence-electron chi connectivity index (χ1n) is 9.97. The van der Waals surface area contributed by atoms with Gasteiger partial charge in [0, 0.05) is 29.9 Å². The zero-order valence-electron chi connectivity index (χ0n) is 17.5. The molecule has 178 valence electrons. The Balaban J connectivity index is 0.00000324. The number of hydrogen-bond acceptors (Lipinski definition) is 5. The van der Waals surface area contributed by atoms with Crippen molar-refractivity contribution in [2.45, 2.75) is 19.1 Å². The number of anilines is 1. The third-order valence-corrected chi connectivity index (χ3v) is 5.31. The molecule has 11 heteroatoms. The molecule has 2 N–H and O–H groups in total. The Hall–Kier alpha value is -3.43. The maximum atomic E-state index is 13.5. The summed E-state index contributed by atoms with van der Waals surface area (Å²) >= 11 is 6.02. The number of nitrogens with zero attached hydrogens (tertiary/aromatic N) is 1. The number of para-hydroxylation sites is 1. The summed E-state index contributed by atoms with van der Waals surface area (Å²) in [5, 5.41) is 5.67. The van der Waals surface area contributed by atoms with Crippen LogP contribution in [0.3, 0.4) is 0 Å². The number of alkyl carbamates (subject to hydrolysis) is 1. The molecule has 1 aliphatic rings. The van der Waals surface area contributed by atoms with Crippen molar-refractivity contribution in [2.24, 2.45) is 0 Å². The molecular formula is C23H19Cl2F2N3O4. The van der Waals surface area contributed by atoms with Crippen LogP contribution in [0.2, 0.25) is 5.02 Å². The van der Waals surface area contributed by atoms with E-state index in [1.165, 1.54) is 12.1 Å². The summed E-state index contributed by atoms with van der Waals surface area (Å²) in [7, 11) is 0. The van der Waals surface area contributed by atoms with Crippen molar-refractivity contribution in [3.8, 4) is 5.75 Å². The first-order chi connectivity index (χ1) is 15.9. The lowest BCUT2D eigenvalue weighted by Gasteiger charge is -2.27. The molecule has 0 aliphatic carbocycles. The fourth-order valence-electron chi connectivity index (χ4n) is 3.37. The van der Waals surface area contributed by atoms with E-state index in [0.717, 1.165) is 12.1 Å². The highest BCUT2D eigenvalue weighted by Crippen LogP contribution is 2.35. The Labute approximate surface area is 204 Å². The van der Waals surface area contributed by atoms with Gasteiger partial charge < -0.3 is 20.1 Å². The summed E-state index contributed by atoms with van der Waals surface area (Å²) in [6, 6.07) is 10.8. The van der Waals surface area contributed by atoms with Gasteiger partial charge in [0.2, 0.25) is 0 Å². The Morgan fingerprint density at radius 2 is 1.97 bits per heavy atom. The molecule has 0 spiro atoms. The van der Waals surface area contributed by atoms with Crippen molar-refractivity contribution < 1.29 is 27.8 Å². The van der Waals surface area contributed by atoms with E-state index in [1.807, 2.05) is 0 Å². The second kappa shape index (κ2) is 11.1. The first-order valence-corrected chi connectivity index (χ1v) is 10.3. The standard InChI is InChI=1S/C23H18ClF2N3O4.ClH/c24-16-5-2-9-27-20(16)12-33-23(31)29-19-8-10-32-21-14(19)3-1-4-15(21)22(30)28-13-6-7-17(25)18(26)11-13;/h1-7,9,11,19H,8,10,12H2,(H,28,30)(H,29,31);1H/t19-;/m0./s1. The number of nitrogens with one attached hydrogen (secondary N) is 2. The molecule has 7 nitrogen and oxygen atoms in total. The molecule has 0 bridgehead atoms. The normalized spacial score (nSPS) is 14.1. The van der Waals surface area contributed by atoms with E-state index in [4.69, 9.17) is 21.1 Å². The number of aromatic nitrogens is 1. The number of hydrogen-bond donors (Lipinski definition) is 2. The molecule has 2 heterocycles. The lowest BCUT2D eigenvalue weighted by molar-refractivity contribution is 0.102. The quantitative estimate of drug-likeness (QED) is 0.478. The molecule has 0 radical (unpaired) electrons. The summed E-state index contributed by atoms with van der Waals surface area (Å²) in [5.74, 6) is -2.36. The highest BCUT2D eigenvalue weighted by Gasteiger charge is 2.27. The van der Waals surface area contributed by atoms with Crippen LogP contribution in [0.1, 0.15) is 34.1 Å². The minimum atomic E-state index is -1.08. The molecule has 4 rings (SSSR count). The molecule has 1 aliphatic heterocycles. The van der Waals surface area contributed by atoms with E-state index >= 15 is 0 Å². The van der Waals surface area contributed by atoms with Gasteiger partial charge >= 0.3 is 6.09 Å². The summed E-state index contributed by atoms with van der Waals surface area (Å²) in [5.41, 5.74) is 1.31. The average Bonchev–Trinajstić information content (AvgIpc) is 2.81. The van der Waals surface area contributed by atoms with Crippen LogP contribution in [0.5, 0.6) is 5.75 Å². The van der Waals surface area contributed by atoms with Crippen molar-refractivity contribution >= 4 is 41.7 Å². The summed E-state index contributed by atoms with van der Waals surface area (Å²) < 4.78 is 37.5. The fourth-order valence-corrected chi connectivity index (χ4v) is 3.54. The van der Waals surface area contributed by atoms with Crippen LogP contribution in [0.15, 0.2) is 54.7 Å². The molecule has 34 heavy (non-hydrogen) atoms. The van der Waals surface area contributed by atoms with E-state index in [1.54, 1.807) is 30.5 Å². The van der Waals surface area contributed by atoms with Gasteiger partial charge in [0.25, 0.3) is 5.91 Å². The van der Waals surface area contributed by atoms with Crippen LogP contribution in [0.25, 0.3) is 0 Å². The van der Waals surface area contributed by atoms with Crippen molar-refractivity contribution in [1.29, 1.82) is 0 Å². The maximum absolute atomic E-state index is 13.5. The molecule has 0 saturated carbocycles. The number of carbonyl (C=O) groups is 2. The summed E-state index contributed by atoms with van der Waals surface area (Å²) in [4.78, 5) is 29.2. The number of fused-ring (bicyclic) bond motifs is 1. The van der Waals surface area contributed by atoms with Crippen LogP contribution in [0, 0.1) is 11.6 Å². The Morgan fingerprint density at radius 1 is 1.15 bits per heavy atom.